The fourth-order valence-electron chi connectivity index (χ4n) is 0.735. The summed E-state index contributed by atoms with van der Waals surface area (Å²) in [6.07, 6.45) is 1.89. The number of pyridine rings is 1. The standard InChI is InChI=1S/C7H6BrN3/c8-7-5(1-3-9)6(10)2-4-11-7/h2,4H,1H2,(H2,10,11). The molecule has 0 saturated carbocycles. The smallest absolute Gasteiger partial charge is 0.112 e. The van der Waals surface area contributed by atoms with E-state index in [9.17, 15) is 0 Å². The van der Waals surface area contributed by atoms with Gasteiger partial charge in [-0.15, -0.1) is 0 Å². The Morgan fingerprint density at radius 1 is 1.73 bits per heavy atom. The van der Waals surface area contributed by atoms with Crippen molar-refractivity contribution in [2.45, 2.75) is 6.42 Å². The molecule has 1 heterocycles. The van der Waals surface area contributed by atoms with Crippen LogP contribution in [0.5, 0.6) is 0 Å². The number of nitrogen functional groups attached to an aromatic ring is 1. The number of hydrogen-bond acceptors (Lipinski definition) is 3. The number of anilines is 1. The van der Waals surface area contributed by atoms with E-state index in [1.165, 1.54) is 0 Å². The topological polar surface area (TPSA) is 62.7 Å². The van der Waals surface area contributed by atoms with Gasteiger partial charge in [-0.25, -0.2) is 4.98 Å². The third kappa shape index (κ3) is 1.69. The normalized spacial score (nSPS) is 9.09. The van der Waals surface area contributed by atoms with Gasteiger partial charge < -0.3 is 5.73 Å². The lowest BCUT2D eigenvalue weighted by molar-refractivity contribution is 1.16. The Morgan fingerprint density at radius 2 is 2.45 bits per heavy atom. The SMILES string of the molecule is N#CCc1c(N)ccnc1Br. The highest BCUT2D eigenvalue weighted by Crippen LogP contribution is 2.19. The Bertz CT molecular complexity index is 283. The van der Waals surface area contributed by atoms with Gasteiger partial charge in [-0.2, -0.15) is 5.26 Å². The first kappa shape index (κ1) is 8.02. The lowest BCUT2D eigenvalue weighted by Gasteiger charge is -2.01. The molecule has 0 aliphatic carbocycles. The van der Waals surface area contributed by atoms with Crippen LogP contribution in [0.4, 0.5) is 5.69 Å². The second-order valence-electron chi connectivity index (χ2n) is 2.00. The van der Waals surface area contributed by atoms with Gasteiger partial charge >= 0.3 is 0 Å². The highest BCUT2D eigenvalue weighted by atomic mass is 79.9. The van der Waals surface area contributed by atoms with Crippen molar-refractivity contribution in [3.63, 3.8) is 0 Å². The van der Waals surface area contributed by atoms with E-state index >= 15 is 0 Å². The molecule has 0 aromatic carbocycles. The van der Waals surface area contributed by atoms with Crippen LogP contribution < -0.4 is 5.73 Å². The summed E-state index contributed by atoms with van der Waals surface area (Å²) in [5.74, 6) is 0. The monoisotopic (exact) mass is 211 g/mol. The molecule has 11 heavy (non-hydrogen) atoms. The van der Waals surface area contributed by atoms with Gasteiger partial charge in [0.05, 0.1) is 12.5 Å². The molecule has 0 spiro atoms. The minimum atomic E-state index is 0.292. The summed E-state index contributed by atoms with van der Waals surface area (Å²) in [5.41, 5.74) is 6.95. The van der Waals surface area contributed by atoms with E-state index in [-0.39, 0.29) is 0 Å². The van der Waals surface area contributed by atoms with Crippen molar-refractivity contribution in [1.29, 1.82) is 5.26 Å². The Morgan fingerprint density at radius 3 is 3.00 bits per heavy atom. The Kier molecular flexibility index (Phi) is 2.44. The molecule has 0 fully saturated rings. The number of nitrogens with zero attached hydrogens (tertiary/aromatic N) is 2. The van der Waals surface area contributed by atoms with Gasteiger partial charge in [0.1, 0.15) is 4.60 Å². The van der Waals surface area contributed by atoms with Crippen LogP contribution in [0.1, 0.15) is 5.56 Å². The Balaban J connectivity index is 3.12. The van der Waals surface area contributed by atoms with Crippen molar-refractivity contribution in [2.75, 3.05) is 5.73 Å². The summed E-state index contributed by atoms with van der Waals surface area (Å²) in [7, 11) is 0. The van der Waals surface area contributed by atoms with Crippen molar-refractivity contribution >= 4 is 21.6 Å². The zero-order chi connectivity index (χ0) is 8.27. The predicted octanol–water partition coefficient (Wildman–Crippen LogP) is 1.49. The van der Waals surface area contributed by atoms with Crippen molar-refractivity contribution in [3.05, 3.63) is 22.4 Å². The number of hydrogen-bond donors (Lipinski definition) is 1. The molecular weight excluding hydrogens is 206 g/mol. The van der Waals surface area contributed by atoms with E-state index in [1.54, 1.807) is 12.3 Å². The molecule has 2 N–H and O–H groups in total. The molecule has 0 radical (unpaired) electrons. The molecule has 0 aliphatic rings. The minimum Gasteiger partial charge on any atom is -0.398 e. The van der Waals surface area contributed by atoms with Gasteiger partial charge in [-0.3, -0.25) is 0 Å². The van der Waals surface area contributed by atoms with Crippen LogP contribution in [-0.2, 0) is 6.42 Å². The summed E-state index contributed by atoms with van der Waals surface area (Å²) in [6, 6.07) is 3.69. The molecule has 3 nitrogen and oxygen atoms in total. The molecule has 0 aliphatic heterocycles. The van der Waals surface area contributed by atoms with Gasteiger partial charge in [0.2, 0.25) is 0 Å². The average molecular weight is 212 g/mol. The molecular formula is C7H6BrN3. The third-order valence-electron chi connectivity index (χ3n) is 1.30. The van der Waals surface area contributed by atoms with Crippen LogP contribution in [0.25, 0.3) is 0 Å². The maximum Gasteiger partial charge on any atom is 0.112 e. The molecule has 56 valence electrons. The molecule has 1 aromatic heterocycles. The van der Waals surface area contributed by atoms with Crippen LogP contribution in [0.2, 0.25) is 0 Å². The zero-order valence-corrected chi connectivity index (χ0v) is 7.30. The summed E-state index contributed by atoms with van der Waals surface area (Å²) < 4.78 is 0.652. The molecule has 0 amide bonds. The fraction of sp³-hybridized carbons (Fsp3) is 0.143. The number of rotatable bonds is 1. The van der Waals surface area contributed by atoms with Crippen LogP contribution >= 0.6 is 15.9 Å². The predicted molar refractivity (Wildman–Crippen MR) is 45.7 cm³/mol. The fourth-order valence-corrected chi connectivity index (χ4v) is 1.22. The zero-order valence-electron chi connectivity index (χ0n) is 5.71. The molecule has 1 aromatic rings. The number of nitrogens with two attached hydrogens (primary N) is 1. The lowest BCUT2D eigenvalue weighted by atomic mass is 10.2. The van der Waals surface area contributed by atoms with Crippen molar-refractivity contribution in [3.8, 4) is 6.07 Å². The van der Waals surface area contributed by atoms with Crippen molar-refractivity contribution in [1.82, 2.24) is 4.98 Å². The highest BCUT2D eigenvalue weighted by molar-refractivity contribution is 9.10. The lowest BCUT2D eigenvalue weighted by Crippen LogP contribution is -1.95. The van der Waals surface area contributed by atoms with E-state index in [1.807, 2.05) is 6.07 Å². The second-order valence-corrected chi connectivity index (χ2v) is 2.76. The number of aromatic nitrogens is 1. The summed E-state index contributed by atoms with van der Waals surface area (Å²) >= 11 is 3.21. The molecule has 0 saturated heterocycles. The van der Waals surface area contributed by atoms with Crippen LogP contribution in [0.15, 0.2) is 16.9 Å². The second kappa shape index (κ2) is 3.35. The Labute approximate surface area is 73.0 Å². The number of nitriles is 1. The largest absolute Gasteiger partial charge is 0.398 e. The number of halogens is 1. The van der Waals surface area contributed by atoms with Crippen LogP contribution in [-0.4, -0.2) is 4.98 Å². The summed E-state index contributed by atoms with van der Waals surface area (Å²) in [6.45, 7) is 0. The maximum absolute atomic E-state index is 8.41. The third-order valence-corrected chi connectivity index (χ3v) is 1.98. The van der Waals surface area contributed by atoms with Gasteiger partial charge in [0.15, 0.2) is 0 Å². The minimum absolute atomic E-state index is 0.292. The Hall–Kier alpha value is -1.08. The first-order chi connectivity index (χ1) is 5.25. The van der Waals surface area contributed by atoms with E-state index in [0.717, 1.165) is 5.56 Å². The van der Waals surface area contributed by atoms with E-state index < -0.39 is 0 Å². The van der Waals surface area contributed by atoms with E-state index in [0.29, 0.717) is 16.7 Å². The highest BCUT2D eigenvalue weighted by Gasteiger charge is 2.03. The van der Waals surface area contributed by atoms with Crippen molar-refractivity contribution in [2.24, 2.45) is 0 Å². The molecule has 0 unspecified atom stereocenters. The first-order valence-electron chi connectivity index (χ1n) is 3.01. The van der Waals surface area contributed by atoms with Gasteiger partial charge in [0, 0.05) is 17.4 Å². The van der Waals surface area contributed by atoms with Crippen LogP contribution in [0, 0.1) is 11.3 Å². The summed E-state index contributed by atoms with van der Waals surface area (Å²) in [5, 5.41) is 8.41. The average Bonchev–Trinajstić information content (AvgIpc) is 1.97. The molecule has 4 heteroatoms. The quantitative estimate of drug-likeness (QED) is 0.717. The molecule has 0 bridgehead atoms. The first-order valence-corrected chi connectivity index (χ1v) is 3.81. The van der Waals surface area contributed by atoms with E-state index in [2.05, 4.69) is 20.9 Å². The molecule has 0 atom stereocenters. The van der Waals surface area contributed by atoms with Gasteiger partial charge in [-0.1, -0.05) is 0 Å². The van der Waals surface area contributed by atoms with Crippen LogP contribution in [0.3, 0.4) is 0 Å². The van der Waals surface area contributed by atoms with Gasteiger partial charge in [0.25, 0.3) is 0 Å². The molecule has 1 rings (SSSR count). The maximum atomic E-state index is 8.41. The van der Waals surface area contributed by atoms with Crippen molar-refractivity contribution < 1.29 is 0 Å². The summed E-state index contributed by atoms with van der Waals surface area (Å²) in [4.78, 5) is 3.94. The van der Waals surface area contributed by atoms with Gasteiger partial charge in [-0.05, 0) is 22.0 Å². The van der Waals surface area contributed by atoms with E-state index in [4.69, 9.17) is 11.0 Å².